The van der Waals surface area contributed by atoms with Crippen LogP contribution in [-0.4, -0.2) is 37.5 Å². The van der Waals surface area contributed by atoms with Gasteiger partial charge in [-0.3, -0.25) is 0 Å². The predicted molar refractivity (Wildman–Crippen MR) is 71.4 cm³/mol. The van der Waals surface area contributed by atoms with Crippen molar-refractivity contribution in [2.45, 2.75) is 77.7 Å². The van der Waals surface area contributed by atoms with E-state index in [0.29, 0.717) is 24.4 Å². The van der Waals surface area contributed by atoms with Gasteiger partial charge in [0.2, 0.25) is 0 Å². The first kappa shape index (κ1) is 14.9. The minimum Gasteiger partial charge on any atom is -0.378 e. The van der Waals surface area contributed by atoms with Crippen LogP contribution >= 0.6 is 0 Å². The molecule has 0 aromatic carbocycles. The van der Waals surface area contributed by atoms with Crippen LogP contribution in [0.3, 0.4) is 0 Å². The van der Waals surface area contributed by atoms with Crippen molar-refractivity contribution >= 4 is 0 Å². The first-order valence-electron chi connectivity index (χ1n) is 7.12. The van der Waals surface area contributed by atoms with E-state index in [2.05, 4.69) is 33.0 Å². The zero-order valence-electron chi connectivity index (χ0n) is 11.9. The van der Waals surface area contributed by atoms with Crippen LogP contribution in [0.1, 0.15) is 53.4 Å². The maximum atomic E-state index is 5.94. The fourth-order valence-corrected chi connectivity index (χ4v) is 2.57. The lowest BCUT2D eigenvalue weighted by molar-refractivity contribution is -0.102. The van der Waals surface area contributed by atoms with Gasteiger partial charge >= 0.3 is 0 Å². The molecule has 0 amide bonds. The lowest BCUT2D eigenvalue weighted by atomic mass is 10.0. The molecule has 0 radical (unpaired) electrons. The molecule has 1 N–H and O–H groups in total. The van der Waals surface area contributed by atoms with Gasteiger partial charge in [0.05, 0.1) is 18.3 Å². The fourth-order valence-electron chi connectivity index (χ4n) is 2.57. The molecule has 1 saturated heterocycles. The van der Waals surface area contributed by atoms with E-state index in [4.69, 9.17) is 9.47 Å². The minimum absolute atomic E-state index is 0.351. The summed E-state index contributed by atoms with van der Waals surface area (Å²) in [6.07, 6.45) is 5.55. The number of hydrogen-bond acceptors (Lipinski definition) is 3. The van der Waals surface area contributed by atoms with E-state index in [0.717, 1.165) is 32.4 Å². The van der Waals surface area contributed by atoms with Gasteiger partial charge in [-0.2, -0.15) is 0 Å². The van der Waals surface area contributed by atoms with E-state index < -0.39 is 0 Å². The van der Waals surface area contributed by atoms with Crippen molar-refractivity contribution in [1.82, 2.24) is 5.32 Å². The summed E-state index contributed by atoms with van der Waals surface area (Å²) in [6.45, 7) is 10.6. The highest BCUT2D eigenvalue weighted by molar-refractivity contribution is 4.73. The standard InChI is InChI=1S/C14H29NO2/c1-5-15-11(2)7-6-8-16-14-9-12(3)17-13(4)10-14/h11-15H,5-10H2,1-4H3. The van der Waals surface area contributed by atoms with Gasteiger partial charge in [0, 0.05) is 12.6 Å². The van der Waals surface area contributed by atoms with Crippen LogP contribution in [0.25, 0.3) is 0 Å². The molecule has 0 saturated carbocycles. The van der Waals surface area contributed by atoms with E-state index in [1.165, 1.54) is 6.42 Å². The Balaban J connectivity index is 2.06. The normalized spacial score (nSPS) is 31.4. The Hall–Kier alpha value is -0.120. The number of hydrogen-bond donors (Lipinski definition) is 1. The molecule has 1 heterocycles. The molecule has 3 atom stereocenters. The zero-order chi connectivity index (χ0) is 12.7. The summed E-state index contributed by atoms with van der Waals surface area (Å²) < 4.78 is 11.6. The molecule has 0 spiro atoms. The molecule has 102 valence electrons. The van der Waals surface area contributed by atoms with Crippen LogP contribution < -0.4 is 5.32 Å². The third-order valence-corrected chi connectivity index (χ3v) is 3.34. The van der Waals surface area contributed by atoms with Crippen LogP contribution in [0, 0.1) is 0 Å². The van der Waals surface area contributed by atoms with Crippen molar-refractivity contribution in [2.24, 2.45) is 0 Å². The lowest BCUT2D eigenvalue weighted by Gasteiger charge is -2.32. The van der Waals surface area contributed by atoms with Crippen molar-refractivity contribution in [3.63, 3.8) is 0 Å². The summed E-state index contributed by atoms with van der Waals surface area (Å²) >= 11 is 0. The fraction of sp³-hybridized carbons (Fsp3) is 1.00. The van der Waals surface area contributed by atoms with Gasteiger partial charge in [0.1, 0.15) is 0 Å². The molecule has 0 aromatic rings. The Labute approximate surface area is 106 Å². The van der Waals surface area contributed by atoms with Gasteiger partial charge in [-0.05, 0) is 53.0 Å². The van der Waals surface area contributed by atoms with E-state index in [1.54, 1.807) is 0 Å². The quantitative estimate of drug-likeness (QED) is 0.697. The molecule has 3 unspecified atom stereocenters. The zero-order valence-corrected chi connectivity index (χ0v) is 11.9. The second kappa shape index (κ2) is 8.06. The number of nitrogens with one attached hydrogen (secondary N) is 1. The molecule has 1 aliphatic heterocycles. The monoisotopic (exact) mass is 243 g/mol. The maximum Gasteiger partial charge on any atom is 0.0624 e. The summed E-state index contributed by atoms with van der Waals surface area (Å²) in [5, 5.41) is 3.42. The average molecular weight is 243 g/mol. The summed E-state index contributed by atoms with van der Waals surface area (Å²) in [5.41, 5.74) is 0. The largest absolute Gasteiger partial charge is 0.378 e. The molecule has 17 heavy (non-hydrogen) atoms. The Morgan fingerprint density at radius 2 is 1.94 bits per heavy atom. The summed E-state index contributed by atoms with van der Waals surface area (Å²) in [7, 11) is 0. The van der Waals surface area contributed by atoms with Crippen molar-refractivity contribution in [2.75, 3.05) is 13.2 Å². The van der Waals surface area contributed by atoms with Crippen molar-refractivity contribution in [1.29, 1.82) is 0 Å². The van der Waals surface area contributed by atoms with Crippen molar-refractivity contribution < 1.29 is 9.47 Å². The van der Waals surface area contributed by atoms with Gasteiger partial charge in [-0.25, -0.2) is 0 Å². The van der Waals surface area contributed by atoms with Crippen LogP contribution in [0.15, 0.2) is 0 Å². The van der Waals surface area contributed by atoms with Gasteiger partial charge in [0.15, 0.2) is 0 Å². The molecule has 1 fully saturated rings. The van der Waals surface area contributed by atoms with E-state index in [9.17, 15) is 0 Å². The smallest absolute Gasteiger partial charge is 0.0624 e. The molecule has 3 heteroatoms. The third-order valence-electron chi connectivity index (χ3n) is 3.34. The molecule has 0 bridgehead atoms. The van der Waals surface area contributed by atoms with Crippen molar-refractivity contribution in [3.05, 3.63) is 0 Å². The summed E-state index contributed by atoms with van der Waals surface area (Å²) in [4.78, 5) is 0. The molecule has 1 rings (SSSR count). The highest BCUT2D eigenvalue weighted by Gasteiger charge is 2.24. The van der Waals surface area contributed by atoms with E-state index in [-0.39, 0.29) is 0 Å². The van der Waals surface area contributed by atoms with Crippen LogP contribution in [0.2, 0.25) is 0 Å². The predicted octanol–water partition coefficient (Wildman–Crippen LogP) is 2.74. The molecule has 3 nitrogen and oxygen atoms in total. The SMILES string of the molecule is CCNC(C)CCCOC1CC(C)OC(C)C1. The molecule has 0 aliphatic carbocycles. The lowest BCUT2D eigenvalue weighted by Crippen LogP contribution is -2.34. The highest BCUT2D eigenvalue weighted by atomic mass is 16.5. The molecule has 0 aromatic heterocycles. The second-order valence-corrected chi connectivity index (χ2v) is 5.32. The van der Waals surface area contributed by atoms with Crippen LogP contribution in [-0.2, 0) is 9.47 Å². The van der Waals surface area contributed by atoms with E-state index >= 15 is 0 Å². The number of ether oxygens (including phenoxy) is 2. The van der Waals surface area contributed by atoms with Gasteiger partial charge in [-0.1, -0.05) is 6.92 Å². The second-order valence-electron chi connectivity index (χ2n) is 5.32. The Morgan fingerprint density at radius 3 is 2.53 bits per heavy atom. The highest BCUT2D eigenvalue weighted by Crippen LogP contribution is 2.21. The van der Waals surface area contributed by atoms with E-state index in [1.807, 2.05) is 0 Å². The van der Waals surface area contributed by atoms with Crippen LogP contribution in [0.5, 0.6) is 0 Å². The minimum atomic E-state index is 0.351. The molecular weight excluding hydrogens is 214 g/mol. The Morgan fingerprint density at radius 1 is 1.29 bits per heavy atom. The summed E-state index contributed by atoms with van der Waals surface area (Å²) in [6, 6.07) is 0.608. The number of rotatable bonds is 7. The van der Waals surface area contributed by atoms with Gasteiger partial charge in [-0.15, -0.1) is 0 Å². The Bertz CT molecular complexity index is 189. The average Bonchev–Trinajstić information content (AvgIpc) is 2.23. The third kappa shape index (κ3) is 6.39. The summed E-state index contributed by atoms with van der Waals surface area (Å²) in [5.74, 6) is 0. The first-order chi connectivity index (χ1) is 8.11. The molecule has 1 aliphatic rings. The van der Waals surface area contributed by atoms with Crippen molar-refractivity contribution in [3.8, 4) is 0 Å². The van der Waals surface area contributed by atoms with Crippen LogP contribution in [0.4, 0.5) is 0 Å². The maximum absolute atomic E-state index is 5.94. The molecular formula is C14H29NO2. The first-order valence-corrected chi connectivity index (χ1v) is 7.12. The Kier molecular flexibility index (Phi) is 7.09. The topological polar surface area (TPSA) is 30.5 Å². The van der Waals surface area contributed by atoms with Gasteiger partial charge in [0.25, 0.3) is 0 Å². The van der Waals surface area contributed by atoms with Gasteiger partial charge < -0.3 is 14.8 Å².